The van der Waals surface area contributed by atoms with Crippen molar-refractivity contribution in [3.8, 4) is 0 Å². The van der Waals surface area contributed by atoms with Crippen LogP contribution in [-0.2, 0) is 51.9 Å². The summed E-state index contributed by atoms with van der Waals surface area (Å²) in [5, 5.41) is 3.22. The first-order valence-corrected chi connectivity index (χ1v) is 25.7. The zero-order chi connectivity index (χ0) is 40.9. The maximum atomic E-state index is 5.78. The van der Waals surface area contributed by atoms with E-state index in [2.05, 4.69) is 60.7 Å². The fraction of sp³-hybridized carbons (Fsp3) is 0.302. The predicted molar refractivity (Wildman–Crippen MR) is 237 cm³/mol. The molecule has 0 aromatic heterocycles. The maximum absolute atomic E-state index is 5.78. The lowest BCUT2D eigenvalue weighted by Crippen LogP contribution is -2.62. The van der Waals surface area contributed by atoms with Gasteiger partial charge in [0.05, 0.1) is 0 Å². The van der Waals surface area contributed by atoms with Crippen molar-refractivity contribution in [2.75, 3.05) is 63.0 Å². The number of benzene rings is 5. The molecule has 0 unspecified atom stereocenters. The minimum atomic E-state index is -2.59. The van der Waals surface area contributed by atoms with Crippen molar-refractivity contribution in [2.45, 2.75) is 25.9 Å². The highest BCUT2D eigenvalue weighted by atomic mass is 28.4. The molecule has 0 aliphatic heterocycles. The molecule has 0 bridgehead atoms. The van der Waals surface area contributed by atoms with E-state index in [1.165, 1.54) is 11.1 Å². The lowest BCUT2D eigenvalue weighted by atomic mass is 10.2. The van der Waals surface area contributed by atoms with Gasteiger partial charge < -0.3 is 39.8 Å². The second-order valence-electron chi connectivity index (χ2n) is 11.9. The first-order chi connectivity index (χ1) is 27.3. The summed E-state index contributed by atoms with van der Waals surface area (Å²) < 4.78 is 49.1. The van der Waals surface area contributed by atoms with Gasteiger partial charge >= 0.3 is 35.9 Å². The molecule has 9 nitrogen and oxygen atoms in total. The predicted octanol–water partition coefficient (Wildman–Crippen LogP) is 5.65. The summed E-state index contributed by atoms with van der Waals surface area (Å²) in [6, 6.07) is 52.6. The van der Waals surface area contributed by atoms with E-state index in [-0.39, 0.29) is 0 Å². The Morgan fingerprint density at radius 1 is 0.375 bits per heavy atom. The molecule has 0 aliphatic rings. The number of rotatable bonds is 18. The largest absolute Gasteiger partial charge is 0.536 e. The van der Waals surface area contributed by atoms with Crippen LogP contribution in [0.3, 0.4) is 0 Å². The fourth-order valence-corrected chi connectivity index (χ4v) is 13.1. The SMILES string of the molecule is CCO[SiH](Cc1ccccc1)OCC.CO[SiH](Cc1ccccc1)OC.CO[Si](OC)(OC)c1ccccc1.CO[Si](OC)(c1ccccc1)c1ccccc1. The molecule has 0 spiro atoms. The summed E-state index contributed by atoms with van der Waals surface area (Å²) in [5.74, 6) is 0. The summed E-state index contributed by atoms with van der Waals surface area (Å²) >= 11 is 0. The van der Waals surface area contributed by atoms with Crippen LogP contribution in [0.2, 0.25) is 0 Å². The van der Waals surface area contributed by atoms with E-state index in [1.54, 1.807) is 49.8 Å². The van der Waals surface area contributed by atoms with Gasteiger partial charge in [0, 0.05) is 80.3 Å². The molecule has 5 aromatic rings. The number of hydrogen-bond acceptors (Lipinski definition) is 9. The van der Waals surface area contributed by atoms with E-state index >= 15 is 0 Å². The van der Waals surface area contributed by atoms with Gasteiger partial charge in [0.25, 0.3) is 0 Å². The number of hydrogen-bond donors (Lipinski definition) is 0. The van der Waals surface area contributed by atoms with Gasteiger partial charge in [-0.05, 0) is 35.3 Å². The van der Waals surface area contributed by atoms with Crippen LogP contribution in [0.4, 0.5) is 0 Å². The van der Waals surface area contributed by atoms with Gasteiger partial charge in [0.15, 0.2) is 0 Å². The van der Waals surface area contributed by atoms with Crippen LogP contribution in [0.15, 0.2) is 152 Å². The van der Waals surface area contributed by atoms with Crippen LogP contribution in [-0.4, -0.2) is 98.9 Å². The van der Waals surface area contributed by atoms with E-state index in [0.717, 1.165) is 40.9 Å². The van der Waals surface area contributed by atoms with Crippen LogP contribution in [0.5, 0.6) is 0 Å². The van der Waals surface area contributed by atoms with Gasteiger partial charge in [-0.25, -0.2) is 0 Å². The molecule has 5 aromatic carbocycles. The molecule has 0 atom stereocenters. The lowest BCUT2D eigenvalue weighted by molar-refractivity contribution is 0.140. The molecule has 0 aliphatic carbocycles. The normalized spacial score (nSPS) is 11.1. The first kappa shape index (κ1) is 48.8. The van der Waals surface area contributed by atoms with Gasteiger partial charge in [-0.3, -0.25) is 0 Å². The van der Waals surface area contributed by atoms with Crippen LogP contribution in [0, 0.1) is 0 Å². The Balaban J connectivity index is 0.000000260. The third-order valence-electron chi connectivity index (χ3n) is 8.54. The monoisotopic (exact) mass is 834 g/mol. The standard InChI is InChI=1S/C14H16O2Si.C11H18O2Si.C9H14O3Si.C9H14O2Si/c1-15-17(16-2,13-9-5-3-6-10-13)14-11-7-4-8-12-14;1-3-12-14(13-4-2)10-11-8-6-5-7-9-11;1-10-13(11-2,12-3)9-7-5-4-6-8-9;1-10-12(11-2)8-9-6-4-3-5-7-9/h3-12H,1-2H3;5-9,14H,3-4,10H2,1-2H3;4-8H,1-3H3;3-7,12H,8H2,1-2H3. The fourth-order valence-electron chi connectivity index (χ4n) is 5.70. The Hall–Kier alpha value is -3.39. The molecular formula is C43H62O9Si4. The molecule has 0 radical (unpaired) electrons. The minimum absolute atomic E-state index is 0.754. The molecule has 0 saturated heterocycles. The van der Waals surface area contributed by atoms with Gasteiger partial charge in [-0.15, -0.1) is 0 Å². The van der Waals surface area contributed by atoms with Gasteiger partial charge in [-0.1, -0.05) is 152 Å². The smallest absolute Gasteiger partial charge is 0.400 e. The molecule has 0 saturated carbocycles. The van der Waals surface area contributed by atoms with Gasteiger partial charge in [-0.2, -0.15) is 0 Å². The van der Waals surface area contributed by atoms with E-state index in [9.17, 15) is 0 Å². The average Bonchev–Trinajstić information content (AvgIpc) is 3.27. The lowest BCUT2D eigenvalue weighted by Gasteiger charge is -2.27. The zero-order valence-electron chi connectivity index (χ0n) is 34.6. The summed E-state index contributed by atoms with van der Waals surface area (Å²) in [6.45, 7) is 5.54. The van der Waals surface area contributed by atoms with Gasteiger partial charge in [0.1, 0.15) is 0 Å². The van der Waals surface area contributed by atoms with Crippen LogP contribution in [0.1, 0.15) is 25.0 Å². The summed E-state index contributed by atoms with van der Waals surface area (Å²) in [6.07, 6.45) is 0. The van der Waals surface area contributed by atoms with Crippen LogP contribution < -0.4 is 15.6 Å². The van der Waals surface area contributed by atoms with Crippen molar-refractivity contribution in [2.24, 2.45) is 0 Å². The summed E-state index contributed by atoms with van der Waals surface area (Å²) in [4.78, 5) is 0. The third kappa shape index (κ3) is 16.2. The van der Waals surface area contributed by atoms with E-state index in [1.807, 2.05) is 105 Å². The second kappa shape index (κ2) is 28.9. The van der Waals surface area contributed by atoms with Crippen LogP contribution in [0.25, 0.3) is 0 Å². The quantitative estimate of drug-likeness (QED) is 0.104. The van der Waals surface area contributed by atoms with E-state index in [0.29, 0.717) is 0 Å². The molecule has 13 heteroatoms. The molecule has 0 heterocycles. The summed E-state index contributed by atoms with van der Waals surface area (Å²) in [5.41, 5.74) is 2.60. The third-order valence-corrected chi connectivity index (χ3v) is 18.6. The van der Waals surface area contributed by atoms with Crippen molar-refractivity contribution < 1.29 is 39.8 Å². The highest BCUT2D eigenvalue weighted by Crippen LogP contribution is 2.09. The Morgan fingerprint density at radius 2 is 0.679 bits per heavy atom. The first-order valence-electron chi connectivity index (χ1n) is 18.6. The van der Waals surface area contributed by atoms with Crippen molar-refractivity contribution in [1.82, 2.24) is 0 Å². The van der Waals surface area contributed by atoms with E-state index in [4.69, 9.17) is 39.8 Å². The second-order valence-corrected chi connectivity index (χ2v) is 22.2. The Morgan fingerprint density at radius 3 is 0.964 bits per heavy atom. The maximum Gasteiger partial charge on any atom is 0.536 e. The topological polar surface area (TPSA) is 83.1 Å². The van der Waals surface area contributed by atoms with Crippen molar-refractivity contribution >= 4 is 51.5 Å². The molecule has 0 amide bonds. The van der Waals surface area contributed by atoms with Crippen molar-refractivity contribution in [1.29, 1.82) is 0 Å². The summed E-state index contributed by atoms with van der Waals surface area (Å²) in [7, 11) is 3.70. The zero-order valence-corrected chi connectivity index (χ0v) is 38.9. The van der Waals surface area contributed by atoms with Crippen molar-refractivity contribution in [3.63, 3.8) is 0 Å². The molecule has 56 heavy (non-hydrogen) atoms. The van der Waals surface area contributed by atoms with Crippen molar-refractivity contribution in [3.05, 3.63) is 163 Å². The molecule has 0 N–H and O–H groups in total. The highest BCUT2D eigenvalue weighted by molar-refractivity contribution is 6.92. The Labute approximate surface area is 341 Å². The Kier molecular flexibility index (Phi) is 25.2. The highest BCUT2D eigenvalue weighted by Gasteiger charge is 2.41. The van der Waals surface area contributed by atoms with Gasteiger partial charge in [0.2, 0.25) is 0 Å². The minimum Gasteiger partial charge on any atom is -0.400 e. The molecule has 5 rings (SSSR count). The van der Waals surface area contributed by atoms with E-state index < -0.39 is 35.9 Å². The Bertz CT molecular complexity index is 1580. The average molecular weight is 835 g/mol. The molecule has 0 fully saturated rings. The van der Waals surface area contributed by atoms with Crippen LogP contribution >= 0.6 is 0 Å². The molecular weight excluding hydrogens is 773 g/mol. The molecule has 304 valence electrons.